The van der Waals surface area contributed by atoms with Crippen molar-refractivity contribution in [3.8, 4) is 0 Å². The van der Waals surface area contributed by atoms with Gasteiger partial charge in [-0.05, 0) is 48.9 Å². The molecule has 0 spiro atoms. The summed E-state index contributed by atoms with van der Waals surface area (Å²) in [6.07, 6.45) is -0.911. The highest BCUT2D eigenvalue weighted by Crippen LogP contribution is 2.45. The molecule has 3 aromatic carbocycles. The second kappa shape index (κ2) is 19.8. The number of hydrogen-bond acceptors (Lipinski definition) is 16. The number of ether oxygens (including phenoxy) is 3. The van der Waals surface area contributed by atoms with Gasteiger partial charge in [-0.1, -0.05) is 108 Å². The third-order valence-corrected chi connectivity index (χ3v) is 13.6. The van der Waals surface area contributed by atoms with Crippen molar-refractivity contribution in [1.29, 1.82) is 0 Å². The van der Waals surface area contributed by atoms with Crippen molar-refractivity contribution in [3.05, 3.63) is 151 Å². The predicted octanol–water partition coefficient (Wildman–Crippen LogP) is 8.13. The summed E-state index contributed by atoms with van der Waals surface area (Å²) >= 11 is 5.37. The van der Waals surface area contributed by atoms with Gasteiger partial charge in [-0.25, -0.2) is 19.6 Å². The minimum atomic E-state index is -1.33. The molecule has 2 N–H and O–H groups in total. The van der Waals surface area contributed by atoms with Crippen LogP contribution < -0.4 is 10.6 Å². The number of anilines is 1. The van der Waals surface area contributed by atoms with Crippen LogP contribution in [0.4, 0.5) is 9.93 Å². The number of amides is 2. The Morgan fingerprint density at radius 3 is 2.11 bits per heavy atom. The summed E-state index contributed by atoms with van der Waals surface area (Å²) in [6, 6.07) is 29.1. The van der Waals surface area contributed by atoms with Crippen molar-refractivity contribution in [3.63, 3.8) is 0 Å². The molecule has 2 aliphatic rings. The van der Waals surface area contributed by atoms with Crippen LogP contribution in [-0.4, -0.2) is 81.2 Å². The van der Waals surface area contributed by atoms with Crippen LogP contribution in [0, 0.1) is 6.92 Å². The number of nitrogens with zero attached hydrogens (tertiary/aromatic N) is 4. The Bertz CT molecular complexity index is 2400. The predicted molar refractivity (Wildman–Crippen MR) is 242 cm³/mol. The number of β-lactam (4-membered cyclic amide) rings is 1. The molecule has 0 saturated carbocycles. The van der Waals surface area contributed by atoms with Crippen molar-refractivity contribution in [2.45, 2.75) is 57.0 Å². The van der Waals surface area contributed by atoms with Crippen LogP contribution in [0.1, 0.15) is 53.7 Å². The molecular formula is C44H42N6O8S4. The SMILES string of the molecule is CO/N=C(\C(=O)N[C@@H]1C(=O)N2C(C(=O)OC(C)OC(=O)OC(C)C)=C(S/C=C\c3scnc3C)CS[C@H]12)c1csc(NC(c2ccccc2)(c2ccccc2)c2ccccc2)n1. The maximum atomic E-state index is 14.1. The first-order chi connectivity index (χ1) is 30.0. The van der Waals surface area contributed by atoms with Crippen LogP contribution in [-0.2, 0) is 39.0 Å². The summed E-state index contributed by atoms with van der Waals surface area (Å²) < 4.78 is 15.6. The number of carbonyl (C=O) groups excluding carboxylic acids is 4. The van der Waals surface area contributed by atoms with E-state index in [1.54, 1.807) is 24.7 Å². The zero-order chi connectivity index (χ0) is 43.8. The second-order valence-electron chi connectivity index (χ2n) is 14.0. The molecule has 62 heavy (non-hydrogen) atoms. The van der Waals surface area contributed by atoms with Crippen LogP contribution >= 0.6 is 46.2 Å². The van der Waals surface area contributed by atoms with Gasteiger partial charge in [0.15, 0.2) is 10.8 Å². The van der Waals surface area contributed by atoms with Crippen LogP contribution in [0.5, 0.6) is 0 Å². The molecule has 1 fully saturated rings. The Kier molecular flexibility index (Phi) is 14.1. The molecule has 2 aliphatic heterocycles. The number of fused-ring (bicyclic) bond motifs is 1. The van der Waals surface area contributed by atoms with Gasteiger partial charge < -0.3 is 29.7 Å². The molecule has 0 radical (unpaired) electrons. The molecule has 0 bridgehead atoms. The first-order valence-electron chi connectivity index (χ1n) is 19.3. The Balaban J connectivity index is 1.12. The number of thiazole rings is 2. The quantitative estimate of drug-likeness (QED) is 0.0243. The largest absolute Gasteiger partial charge is 0.511 e. The average molecular weight is 911 g/mol. The van der Waals surface area contributed by atoms with Crippen LogP contribution in [0.25, 0.3) is 6.08 Å². The number of nitrogens with one attached hydrogen (secondary N) is 2. The molecule has 320 valence electrons. The van der Waals surface area contributed by atoms with E-state index in [-0.39, 0.29) is 17.1 Å². The normalized spacial score (nSPS) is 17.0. The number of carbonyl (C=O) groups is 4. The van der Waals surface area contributed by atoms with Crippen LogP contribution in [0.15, 0.2) is 123 Å². The lowest BCUT2D eigenvalue weighted by Crippen LogP contribution is -2.71. The molecule has 3 atom stereocenters. The fourth-order valence-corrected chi connectivity index (χ4v) is 10.7. The van der Waals surface area contributed by atoms with Gasteiger partial charge in [0.2, 0.25) is 6.29 Å². The van der Waals surface area contributed by atoms with Crippen molar-refractivity contribution in [1.82, 2.24) is 20.2 Å². The number of oxime groups is 1. The maximum Gasteiger partial charge on any atom is 0.511 e. The van der Waals surface area contributed by atoms with Crippen molar-refractivity contribution < 1.29 is 38.2 Å². The summed E-state index contributed by atoms with van der Waals surface area (Å²) in [7, 11) is 1.32. The first kappa shape index (κ1) is 44.1. The Labute approximate surface area is 374 Å². The molecule has 2 amide bonds. The van der Waals surface area contributed by atoms with Crippen molar-refractivity contribution >= 4 is 87.1 Å². The summed E-state index contributed by atoms with van der Waals surface area (Å²) in [4.78, 5) is 71.0. The Morgan fingerprint density at radius 2 is 1.55 bits per heavy atom. The van der Waals surface area contributed by atoms with Gasteiger partial charge in [0, 0.05) is 23.0 Å². The lowest BCUT2D eigenvalue weighted by atomic mass is 9.77. The fraction of sp³-hybridized carbons (Fsp3) is 0.250. The van der Waals surface area contributed by atoms with E-state index in [2.05, 4.69) is 57.2 Å². The number of esters is 1. The molecule has 1 unspecified atom stereocenters. The zero-order valence-corrected chi connectivity index (χ0v) is 37.4. The molecule has 14 nitrogen and oxygen atoms in total. The number of hydrogen-bond donors (Lipinski definition) is 2. The number of aryl methyl sites for hydroxylation is 1. The van der Waals surface area contributed by atoms with E-state index in [9.17, 15) is 19.2 Å². The minimum Gasteiger partial charge on any atom is -0.431 e. The van der Waals surface area contributed by atoms with E-state index in [0.29, 0.717) is 15.8 Å². The summed E-state index contributed by atoms with van der Waals surface area (Å²) in [5.74, 6) is -1.83. The van der Waals surface area contributed by atoms with E-state index < -0.39 is 53.3 Å². The highest BCUT2D eigenvalue weighted by atomic mass is 32.2. The standard InChI is InChI=1S/C44H42N6O8S4/c1-26(2)56-43(54)58-28(4)57-41(53)37-34(59-22-21-33-27(3)45-25-62-33)24-60-40-36(39(52)50(37)40)47-38(51)35(49-55-5)32-23-61-42(46-32)48-44(29-15-9-6-10-16-29,30-17-11-7-12-18-30)31-19-13-8-14-20-31/h6-23,25-26,28,36,40H,24H2,1-5H3,(H,46,48)(H,47,51)/b22-21-,49-35-/t28?,36-,40-/m1/s1. The lowest BCUT2D eigenvalue weighted by Gasteiger charge is -2.49. The van der Waals surface area contributed by atoms with Gasteiger partial charge in [-0.15, -0.1) is 34.4 Å². The van der Waals surface area contributed by atoms with E-state index in [0.717, 1.165) is 27.3 Å². The Hall–Kier alpha value is -5.95. The summed E-state index contributed by atoms with van der Waals surface area (Å²) in [6.45, 7) is 6.58. The fourth-order valence-electron chi connectivity index (χ4n) is 6.79. The van der Waals surface area contributed by atoms with Gasteiger partial charge in [-0.2, -0.15) is 0 Å². The van der Waals surface area contributed by atoms with Gasteiger partial charge in [0.05, 0.1) is 22.2 Å². The summed E-state index contributed by atoms with van der Waals surface area (Å²) in [5, 5.41) is 13.9. The lowest BCUT2D eigenvalue weighted by molar-refractivity contribution is -0.169. The van der Waals surface area contributed by atoms with E-state index in [1.807, 2.05) is 73.0 Å². The monoisotopic (exact) mass is 910 g/mol. The number of thioether (sulfide) groups is 2. The van der Waals surface area contributed by atoms with Crippen molar-refractivity contribution in [2.75, 3.05) is 18.2 Å². The van der Waals surface area contributed by atoms with Gasteiger partial charge in [0.25, 0.3) is 11.8 Å². The van der Waals surface area contributed by atoms with Crippen molar-refractivity contribution in [2.24, 2.45) is 5.16 Å². The Morgan fingerprint density at radius 1 is 0.919 bits per heavy atom. The number of aromatic nitrogens is 2. The van der Waals surface area contributed by atoms with Gasteiger partial charge >= 0.3 is 12.1 Å². The zero-order valence-electron chi connectivity index (χ0n) is 34.2. The van der Waals surface area contributed by atoms with Crippen LogP contribution in [0.3, 0.4) is 0 Å². The third-order valence-electron chi connectivity index (χ3n) is 9.55. The third kappa shape index (κ3) is 9.57. The van der Waals surface area contributed by atoms with E-state index in [1.165, 1.54) is 65.1 Å². The molecule has 4 heterocycles. The highest BCUT2D eigenvalue weighted by molar-refractivity contribution is 8.08. The molecule has 18 heteroatoms. The van der Waals surface area contributed by atoms with E-state index >= 15 is 0 Å². The number of benzene rings is 3. The topological polar surface area (TPSA) is 171 Å². The minimum absolute atomic E-state index is 0.0210. The highest BCUT2D eigenvalue weighted by Gasteiger charge is 2.55. The van der Waals surface area contributed by atoms with Gasteiger partial charge in [0.1, 0.15) is 35.5 Å². The molecule has 2 aromatic heterocycles. The average Bonchev–Trinajstić information content (AvgIpc) is 3.91. The molecule has 7 rings (SSSR count). The second-order valence-corrected chi connectivity index (χ2v) is 17.8. The number of rotatable bonds is 16. The summed E-state index contributed by atoms with van der Waals surface area (Å²) in [5.41, 5.74) is 4.67. The maximum absolute atomic E-state index is 14.1. The van der Waals surface area contributed by atoms with Gasteiger partial charge in [-0.3, -0.25) is 14.5 Å². The smallest absolute Gasteiger partial charge is 0.431 e. The van der Waals surface area contributed by atoms with Crippen LogP contribution in [0.2, 0.25) is 0 Å². The van der Waals surface area contributed by atoms with E-state index in [4.69, 9.17) is 24.0 Å². The molecular weight excluding hydrogens is 869 g/mol. The molecule has 0 aliphatic carbocycles. The molecule has 1 saturated heterocycles. The molecule has 5 aromatic rings. The first-order valence-corrected chi connectivity index (χ1v) is 23.0.